The van der Waals surface area contributed by atoms with Gasteiger partial charge in [-0.1, -0.05) is 42.5 Å². The Morgan fingerprint density at radius 1 is 0.810 bits per heavy atom. The van der Waals surface area contributed by atoms with Crippen LogP contribution in [0.3, 0.4) is 0 Å². The second kappa shape index (κ2) is 5.17. The topological polar surface area (TPSA) is 63.2 Å². The van der Waals surface area contributed by atoms with Crippen LogP contribution in [0.4, 0.5) is 5.69 Å². The molecule has 0 radical (unpaired) electrons. The SMILES string of the molecule is O=C(Nc1ccccc1)C1=CC(=O)c2ccccc2C1=O. The van der Waals surface area contributed by atoms with Crippen molar-refractivity contribution < 1.29 is 14.4 Å². The molecule has 4 heteroatoms. The van der Waals surface area contributed by atoms with E-state index < -0.39 is 11.7 Å². The lowest BCUT2D eigenvalue weighted by molar-refractivity contribution is -0.112. The van der Waals surface area contributed by atoms with Crippen LogP contribution in [-0.2, 0) is 4.79 Å². The second-order valence-electron chi connectivity index (χ2n) is 4.62. The number of amides is 1. The van der Waals surface area contributed by atoms with Gasteiger partial charge in [0, 0.05) is 22.9 Å². The van der Waals surface area contributed by atoms with Gasteiger partial charge in [0.05, 0.1) is 5.57 Å². The van der Waals surface area contributed by atoms with Crippen LogP contribution in [0.2, 0.25) is 0 Å². The van der Waals surface area contributed by atoms with Gasteiger partial charge in [0.1, 0.15) is 0 Å². The van der Waals surface area contributed by atoms with Crippen LogP contribution in [0.25, 0.3) is 0 Å². The molecule has 1 amide bonds. The molecule has 0 fully saturated rings. The number of carbonyl (C=O) groups is 3. The van der Waals surface area contributed by atoms with E-state index in [1.54, 1.807) is 48.5 Å². The van der Waals surface area contributed by atoms with Crippen LogP contribution in [0.15, 0.2) is 66.2 Å². The van der Waals surface area contributed by atoms with Crippen molar-refractivity contribution in [2.75, 3.05) is 5.32 Å². The van der Waals surface area contributed by atoms with Gasteiger partial charge in [0.15, 0.2) is 11.6 Å². The molecule has 2 aromatic carbocycles. The zero-order valence-electron chi connectivity index (χ0n) is 11.0. The molecule has 4 nitrogen and oxygen atoms in total. The van der Waals surface area contributed by atoms with Gasteiger partial charge >= 0.3 is 0 Å². The first-order chi connectivity index (χ1) is 10.2. The van der Waals surface area contributed by atoms with Crippen LogP contribution >= 0.6 is 0 Å². The van der Waals surface area contributed by atoms with E-state index in [-0.39, 0.29) is 16.9 Å². The number of anilines is 1. The summed E-state index contributed by atoms with van der Waals surface area (Å²) in [4.78, 5) is 36.5. The van der Waals surface area contributed by atoms with E-state index in [1.807, 2.05) is 6.07 Å². The fourth-order valence-electron chi connectivity index (χ4n) is 2.20. The van der Waals surface area contributed by atoms with Gasteiger partial charge in [0.25, 0.3) is 5.91 Å². The number of ketones is 2. The molecule has 0 saturated heterocycles. The van der Waals surface area contributed by atoms with E-state index in [0.717, 1.165) is 6.08 Å². The number of para-hydroxylation sites is 1. The van der Waals surface area contributed by atoms with Crippen molar-refractivity contribution in [1.82, 2.24) is 0 Å². The maximum atomic E-state index is 12.3. The fraction of sp³-hybridized carbons (Fsp3) is 0. The first-order valence-electron chi connectivity index (χ1n) is 6.43. The molecule has 0 aromatic heterocycles. The Balaban J connectivity index is 1.92. The van der Waals surface area contributed by atoms with Crippen molar-refractivity contribution in [3.8, 4) is 0 Å². The number of hydrogen-bond acceptors (Lipinski definition) is 3. The Labute approximate surface area is 121 Å². The predicted molar refractivity (Wildman–Crippen MR) is 78.3 cm³/mol. The highest BCUT2D eigenvalue weighted by Crippen LogP contribution is 2.22. The lowest BCUT2D eigenvalue weighted by Crippen LogP contribution is -2.26. The minimum absolute atomic E-state index is 0.137. The molecule has 0 atom stereocenters. The van der Waals surface area contributed by atoms with Crippen LogP contribution in [0.1, 0.15) is 20.7 Å². The highest BCUT2D eigenvalue weighted by molar-refractivity contribution is 6.36. The Kier molecular flexibility index (Phi) is 3.20. The van der Waals surface area contributed by atoms with E-state index >= 15 is 0 Å². The number of Topliss-reactive ketones (excluding diaryl/α,β-unsaturated/α-hetero) is 1. The zero-order valence-corrected chi connectivity index (χ0v) is 11.0. The lowest BCUT2D eigenvalue weighted by atomic mass is 9.89. The van der Waals surface area contributed by atoms with Crippen molar-refractivity contribution in [3.05, 3.63) is 77.4 Å². The van der Waals surface area contributed by atoms with Gasteiger partial charge in [-0.15, -0.1) is 0 Å². The zero-order chi connectivity index (χ0) is 14.8. The fourth-order valence-corrected chi connectivity index (χ4v) is 2.20. The summed E-state index contributed by atoms with van der Waals surface area (Å²) in [6.45, 7) is 0. The minimum atomic E-state index is -0.575. The molecule has 0 aliphatic heterocycles. The molecule has 21 heavy (non-hydrogen) atoms. The quantitative estimate of drug-likeness (QED) is 0.858. The molecule has 0 spiro atoms. The molecule has 0 unspecified atom stereocenters. The monoisotopic (exact) mass is 277 g/mol. The number of benzene rings is 2. The van der Waals surface area contributed by atoms with Crippen LogP contribution in [-0.4, -0.2) is 17.5 Å². The maximum absolute atomic E-state index is 12.3. The van der Waals surface area contributed by atoms with Crippen molar-refractivity contribution >= 4 is 23.2 Å². The highest BCUT2D eigenvalue weighted by Gasteiger charge is 2.29. The molecular formula is C17H11NO3. The molecule has 1 aliphatic carbocycles. The standard InChI is InChI=1S/C17H11NO3/c19-15-10-14(16(20)13-9-5-4-8-12(13)15)17(21)18-11-6-2-1-3-7-11/h1-10H,(H,18,21). The van der Waals surface area contributed by atoms with Crippen molar-refractivity contribution in [2.24, 2.45) is 0 Å². The smallest absolute Gasteiger partial charge is 0.259 e. The molecule has 102 valence electrons. The Morgan fingerprint density at radius 2 is 1.43 bits per heavy atom. The van der Waals surface area contributed by atoms with E-state index in [4.69, 9.17) is 0 Å². The van der Waals surface area contributed by atoms with Gasteiger partial charge < -0.3 is 5.32 Å². The largest absolute Gasteiger partial charge is 0.322 e. The Morgan fingerprint density at radius 3 is 2.14 bits per heavy atom. The van der Waals surface area contributed by atoms with Crippen LogP contribution < -0.4 is 5.32 Å². The molecule has 0 saturated carbocycles. The summed E-state index contributed by atoms with van der Waals surface area (Å²) in [5.74, 6) is -1.34. The van der Waals surface area contributed by atoms with E-state index in [0.29, 0.717) is 11.3 Å². The normalized spacial score (nSPS) is 13.4. The van der Waals surface area contributed by atoms with Crippen molar-refractivity contribution in [3.63, 3.8) is 0 Å². The minimum Gasteiger partial charge on any atom is -0.322 e. The number of rotatable bonds is 2. The third-order valence-corrected chi connectivity index (χ3v) is 3.23. The summed E-state index contributed by atoms with van der Waals surface area (Å²) < 4.78 is 0. The summed E-state index contributed by atoms with van der Waals surface area (Å²) in [6.07, 6.45) is 1.10. The van der Waals surface area contributed by atoms with Crippen LogP contribution in [0.5, 0.6) is 0 Å². The molecule has 1 N–H and O–H groups in total. The molecule has 0 heterocycles. The average molecular weight is 277 g/mol. The third kappa shape index (κ3) is 2.39. The van der Waals surface area contributed by atoms with Gasteiger partial charge in [-0.2, -0.15) is 0 Å². The molecule has 2 aromatic rings. The van der Waals surface area contributed by atoms with Crippen LogP contribution in [0, 0.1) is 0 Å². The predicted octanol–water partition coefficient (Wildman–Crippen LogP) is 2.63. The summed E-state index contributed by atoms with van der Waals surface area (Å²) in [7, 11) is 0. The first kappa shape index (κ1) is 13.0. The number of hydrogen-bond donors (Lipinski definition) is 1. The highest BCUT2D eigenvalue weighted by atomic mass is 16.2. The molecule has 3 rings (SSSR count). The average Bonchev–Trinajstić information content (AvgIpc) is 2.52. The summed E-state index contributed by atoms with van der Waals surface area (Å²) in [5, 5.41) is 2.61. The van der Waals surface area contributed by atoms with Crippen molar-refractivity contribution in [2.45, 2.75) is 0 Å². The number of allylic oxidation sites excluding steroid dienone is 1. The summed E-state index contributed by atoms with van der Waals surface area (Å²) in [6, 6.07) is 15.3. The van der Waals surface area contributed by atoms with E-state index in [1.165, 1.54) is 0 Å². The van der Waals surface area contributed by atoms with Gasteiger partial charge in [-0.25, -0.2) is 0 Å². The summed E-state index contributed by atoms with van der Waals surface area (Å²) >= 11 is 0. The number of fused-ring (bicyclic) bond motifs is 1. The molecule has 0 bridgehead atoms. The maximum Gasteiger partial charge on any atom is 0.259 e. The van der Waals surface area contributed by atoms with E-state index in [9.17, 15) is 14.4 Å². The third-order valence-electron chi connectivity index (χ3n) is 3.23. The molecule has 1 aliphatic rings. The Hall–Kier alpha value is -3.01. The number of nitrogens with one attached hydrogen (secondary N) is 1. The number of carbonyl (C=O) groups excluding carboxylic acids is 3. The second-order valence-corrected chi connectivity index (χ2v) is 4.62. The van der Waals surface area contributed by atoms with Gasteiger partial charge in [0.2, 0.25) is 0 Å². The lowest BCUT2D eigenvalue weighted by Gasteiger charge is -2.14. The van der Waals surface area contributed by atoms with Gasteiger partial charge in [-0.3, -0.25) is 14.4 Å². The first-order valence-corrected chi connectivity index (χ1v) is 6.43. The Bertz CT molecular complexity index is 776. The summed E-state index contributed by atoms with van der Waals surface area (Å²) in [5.41, 5.74) is 1.03. The van der Waals surface area contributed by atoms with Gasteiger partial charge in [-0.05, 0) is 12.1 Å². The van der Waals surface area contributed by atoms with Crippen molar-refractivity contribution in [1.29, 1.82) is 0 Å². The van der Waals surface area contributed by atoms with E-state index in [2.05, 4.69) is 5.32 Å². The molecular weight excluding hydrogens is 266 g/mol.